The van der Waals surface area contributed by atoms with Gasteiger partial charge >= 0.3 is 17.9 Å². The monoisotopic (exact) mass is 943 g/mol. The van der Waals surface area contributed by atoms with Crippen LogP contribution in [-0.4, -0.2) is 37.2 Å². The zero-order chi connectivity index (χ0) is 48.6. The van der Waals surface area contributed by atoms with Crippen LogP contribution >= 0.6 is 0 Å². The summed E-state index contributed by atoms with van der Waals surface area (Å²) in [4.78, 5) is 38.1. The van der Waals surface area contributed by atoms with Crippen LogP contribution in [0.2, 0.25) is 0 Å². The van der Waals surface area contributed by atoms with Gasteiger partial charge in [-0.25, -0.2) is 0 Å². The summed E-state index contributed by atoms with van der Waals surface area (Å²) in [5.41, 5.74) is 0. The van der Waals surface area contributed by atoms with Crippen LogP contribution in [0, 0.1) is 0 Å². The van der Waals surface area contributed by atoms with E-state index in [9.17, 15) is 14.4 Å². The van der Waals surface area contributed by atoms with Gasteiger partial charge in [-0.3, -0.25) is 14.4 Å². The standard InChI is InChI=1S/C61H114O6/c1-4-7-10-13-16-19-22-24-26-28-30-32-33-35-37-39-42-45-48-51-54-60(63)66-57-58(56-65-59(62)53-50-47-44-41-21-18-15-12-9-6-3)67-61(64)55-52-49-46-43-40-38-36-34-31-29-27-25-23-20-17-14-11-8-5-2/h17,20,25,27,58H,4-16,18-19,21-24,26,28-57H2,1-3H3/b20-17-,27-25-. The van der Waals surface area contributed by atoms with Gasteiger partial charge in [0.05, 0.1) is 0 Å². The quantitative estimate of drug-likeness (QED) is 0.0262. The summed E-state index contributed by atoms with van der Waals surface area (Å²) in [7, 11) is 0. The fraction of sp³-hybridized carbons (Fsp3) is 0.885. The number of hydrogen-bond acceptors (Lipinski definition) is 6. The van der Waals surface area contributed by atoms with Crippen LogP contribution in [0.3, 0.4) is 0 Å². The summed E-state index contributed by atoms with van der Waals surface area (Å²) in [5, 5.41) is 0. The van der Waals surface area contributed by atoms with Crippen LogP contribution in [0.15, 0.2) is 24.3 Å². The SMILES string of the molecule is CCCCC/C=C\C/C=C\CCCCCCCCCCCC(=O)OC(COC(=O)CCCCCCCCCCCC)COC(=O)CCCCCCCCCCCCCCCCCCCCCC. The smallest absolute Gasteiger partial charge is 0.306 e. The molecule has 0 saturated heterocycles. The van der Waals surface area contributed by atoms with Crippen LogP contribution in [0.1, 0.15) is 329 Å². The van der Waals surface area contributed by atoms with E-state index in [1.807, 2.05) is 0 Å². The molecular formula is C61H114O6. The number of allylic oxidation sites excluding steroid dienone is 4. The maximum absolute atomic E-state index is 12.9. The van der Waals surface area contributed by atoms with Crippen LogP contribution in [0.5, 0.6) is 0 Å². The minimum absolute atomic E-state index is 0.0673. The van der Waals surface area contributed by atoms with Gasteiger partial charge in [-0.15, -0.1) is 0 Å². The highest BCUT2D eigenvalue weighted by Crippen LogP contribution is 2.17. The molecular weight excluding hydrogens is 829 g/mol. The molecule has 394 valence electrons. The molecule has 0 aliphatic heterocycles. The molecule has 6 heteroatoms. The van der Waals surface area contributed by atoms with Gasteiger partial charge in [0, 0.05) is 19.3 Å². The Kier molecular flexibility index (Phi) is 54.7. The number of carbonyl (C=O) groups excluding carboxylic acids is 3. The summed E-state index contributed by atoms with van der Waals surface area (Å²) in [6, 6.07) is 0. The third kappa shape index (κ3) is 54.7. The Morgan fingerprint density at radius 2 is 0.537 bits per heavy atom. The second-order valence-corrected chi connectivity index (χ2v) is 20.3. The lowest BCUT2D eigenvalue weighted by molar-refractivity contribution is -0.167. The summed E-state index contributed by atoms with van der Waals surface area (Å²) >= 11 is 0. The van der Waals surface area contributed by atoms with Crippen molar-refractivity contribution in [1.82, 2.24) is 0 Å². The second kappa shape index (κ2) is 56.5. The van der Waals surface area contributed by atoms with Gasteiger partial charge in [-0.2, -0.15) is 0 Å². The molecule has 0 radical (unpaired) electrons. The van der Waals surface area contributed by atoms with Crippen molar-refractivity contribution in [2.75, 3.05) is 13.2 Å². The normalized spacial score (nSPS) is 12.1. The number of carbonyl (C=O) groups is 3. The molecule has 0 aliphatic carbocycles. The van der Waals surface area contributed by atoms with E-state index in [1.165, 1.54) is 225 Å². The van der Waals surface area contributed by atoms with Crippen molar-refractivity contribution in [1.29, 1.82) is 0 Å². The van der Waals surface area contributed by atoms with Crippen molar-refractivity contribution < 1.29 is 28.6 Å². The Morgan fingerprint density at radius 3 is 0.851 bits per heavy atom. The van der Waals surface area contributed by atoms with Crippen molar-refractivity contribution in [3.05, 3.63) is 24.3 Å². The second-order valence-electron chi connectivity index (χ2n) is 20.3. The first-order valence-corrected chi connectivity index (χ1v) is 29.8. The molecule has 0 aliphatic rings. The Hall–Kier alpha value is -2.11. The minimum atomic E-state index is -0.768. The highest BCUT2D eigenvalue weighted by atomic mass is 16.6. The zero-order valence-electron chi connectivity index (χ0n) is 45.2. The Balaban J connectivity index is 4.24. The number of hydrogen-bond donors (Lipinski definition) is 0. The van der Waals surface area contributed by atoms with Gasteiger partial charge in [0.1, 0.15) is 13.2 Å². The predicted molar refractivity (Wildman–Crippen MR) is 289 cm³/mol. The Labute approximate surface area is 417 Å². The highest BCUT2D eigenvalue weighted by molar-refractivity contribution is 5.71. The molecule has 0 spiro atoms. The van der Waals surface area contributed by atoms with Gasteiger partial charge in [-0.05, 0) is 51.4 Å². The maximum Gasteiger partial charge on any atom is 0.306 e. The summed E-state index contributed by atoms with van der Waals surface area (Å²) in [6.07, 6.45) is 66.0. The van der Waals surface area contributed by atoms with Crippen LogP contribution in [0.25, 0.3) is 0 Å². The summed E-state index contributed by atoms with van der Waals surface area (Å²) in [5.74, 6) is -0.851. The van der Waals surface area contributed by atoms with E-state index >= 15 is 0 Å². The average molecular weight is 944 g/mol. The molecule has 0 rings (SSSR count). The molecule has 0 saturated carbocycles. The van der Waals surface area contributed by atoms with Crippen LogP contribution in [0.4, 0.5) is 0 Å². The lowest BCUT2D eigenvalue weighted by Crippen LogP contribution is -2.30. The molecule has 0 fully saturated rings. The van der Waals surface area contributed by atoms with E-state index in [1.54, 1.807) is 0 Å². The predicted octanol–water partition coefficient (Wildman–Crippen LogP) is 19.9. The summed E-state index contributed by atoms with van der Waals surface area (Å²) in [6.45, 7) is 6.65. The van der Waals surface area contributed by atoms with Crippen molar-refractivity contribution in [3.63, 3.8) is 0 Å². The average Bonchev–Trinajstić information content (AvgIpc) is 3.33. The molecule has 0 heterocycles. The molecule has 0 aromatic rings. The number of esters is 3. The van der Waals surface area contributed by atoms with Crippen molar-refractivity contribution in [2.24, 2.45) is 0 Å². The molecule has 0 bridgehead atoms. The first-order chi connectivity index (χ1) is 33.0. The maximum atomic E-state index is 12.9. The van der Waals surface area contributed by atoms with Crippen molar-refractivity contribution in [3.8, 4) is 0 Å². The van der Waals surface area contributed by atoms with Crippen LogP contribution in [-0.2, 0) is 28.6 Å². The van der Waals surface area contributed by atoms with Gasteiger partial charge in [0.25, 0.3) is 0 Å². The zero-order valence-corrected chi connectivity index (χ0v) is 45.2. The van der Waals surface area contributed by atoms with Crippen molar-refractivity contribution >= 4 is 17.9 Å². The van der Waals surface area contributed by atoms with Gasteiger partial charge in [-0.1, -0.05) is 283 Å². The van der Waals surface area contributed by atoms with Gasteiger partial charge < -0.3 is 14.2 Å². The lowest BCUT2D eigenvalue weighted by atomic mass is 10.0. The molecule has 0 aromatic heterocycles. The first kappa shape index (κ1) is 64.9. The Bertz CT molecular complexity index is 1080. The molecule has 0 aromatic carbocycles. The first-order valence-electron chi connectivity index (χ1n) is 29.8. The van der Waals surface area contributed by atoms with Crippen molar-refractivity contribution in [2.45, 2.75) is 335 Å². The van der Waals surface area contributed by atoms with Crippen LogP contribution < -0.4 is 0 Å². The third-order valence-electron chi connectivity index (χ3n) is 13.5. The fourth-order valence-electron chi connectivity index (χ4n) is 8.95. The van der Waals surface area contributed by atoms with Gasteiger partial charge in [0.2, 0.25) is 0 Å². The van der Waals surface area contributed by atoms with Gasteiger partial charge in [0.15, 0.2) is 6.10 Å². The number of unbranched alkanes of at least 4 members (excludes halogenated alkanes) is 40. The topological polar surface area (TPSA) is 78.9 Å². The van der Waals surface area contributed by atoms with E-state index in [-0.39, 0.29) is 31.1 Å². The largest absolute Gasteiger partial charge is 0.462 e. The minimum Gasteiger partial charge on any atom is -0.462 e. The highest BCUT2D eigenvalue weighted by Gasteiger charge is 2.19. The molecule has 67 heavy (non-hydrogen) atoms. The fourth-order valence-corrected chi connectivity index (χ4v) is 8.95. The Morgan fingerprint density at radius 1 is 0.299 bits per heavy atom. The van der Waals surface area contributed by atoms with E-state index < -0.39 is 6.10 Å². The summed E-state index contributed by atoms with van der Waals surface area (Å²) < 4.78 is 16.9. The molecule has 1 unspecified atom stereocenters. The molecule has 0 N–H and O–H groups in total. The third-order valence-corrected chi connectivity index (χ3v) is 13.5. The molecule has 0 amide bonds. The lowest BCUT2D eigenvalue weighted by Gasteiger charge is -2.18. The van der Waals surface area contributed by atoms with E-state index in [0.29, 0.717) is 19.3 Å². The van der Waals surface area contributed by atoms with E-state index in [0.717, 1.165) is 64.2 Å². The molecule has 1 atom stereocenters. The van der Waals surface area contributed by atoms with E-state index in [2.05, 4.69) is 45.1 Å². The number of rotatable bonds is 55. The molecule has 6 nitrogen and oxygen atoms in total. The number of ether oxygens (including phenoxy) is 3. The van der Waals surface area contributed by atoms with E-state index in [4.69, 9.17) is 14.2 Å².